The third-order valence-corrected chi connectivity index (χ3v) is 6.24. The molecule has 6 nitrogen and oxygen atoms in total. The van der Waals surface area contributed by atoms with Gasteiger partial charge < -0.3 is 20.9 Å². The highest BCUT2D eigenvalue weighted by molar-refractivity contribution is 6.11. The van der Waals surface area contributed by atoms with E-state index < -0.39 is 0 Å². The molecule has 0 aromatic heterocycles. The number of hydrogen-bond donors (Lipinski definition) is 2. The summed E-state index contributed by atoms with van der Waals surface area (Å²) >= 11 is 0. The zero-order valence-corrected chi connectivity index (χ0v) is 21.3. The van der Waals surface area contributed by atoms with Gasteiger partial charge in [-0.25, -0.2) is 0 Å². The summed E-state index contributed by atoms with van der Waals surface area (Å²) in [6.07, 6.45) is 0. The second-order valence-electron chi connectivity index (χ2n) is 9.08. The quantitative estimate of drug-likeness (QED) is 0.167. The zero-order chi connectivity index (χ0) is 27.4. The average Bonchev–Trinajstić information content (AvgIpc) is 2.96. The molecule has 0 spiro atoms. The van der Waals surface area contributed by atoms with Gasteiger partial charge in [0, 0.05) is 33.6 Å². The van der Waals surface area contributed by atoms with Crippen LogP contribution >= 0.6 is 0 Å². The third kappa shape index (κ3) is 5.97. The first kappa shape index (κ1) is 25.3. The van der Waals surface area contributed by atoms with Crippen LogP contribution in [0.2, 0.25) is 0 Å². The Kier molecular flexibility index (Phi) is 7.10. The van der Waals surface area contributed by atoms with Gasteiger partial charge in [-0.05, 0) is 103 Å². The molecule has 0 radical (unpaired) electrons. The van der Waals surface area contributed by atoms with Crippen molar-refractivity contribution < 1.29 is 19.1 Å². The third-order valence-electron chi connectivity index (χ3n) is 6.24. The van der Waals surface area contributed by atoms with Crippen molar-refractivity contribution in [3.63, 3.8) is 0 Å². The van der Waals surface area contributed by atoms with E-state index in [2.05, 4.69) is 0 Å². The molecule has 0 aliphatic rings. The lowest BCUT2D eigenvalue weighted by atomic mass is 9.98. The van der Waals surface area contributed by atoms with Crippen molar-refractivity contribution in [3.8, 4) is 23.0 Å². The minimum absolute atomic E-state index is 0.145. The Morgan fingerprint density at radius 2 is 0.821 bits per heavy atom. The maximum atomic E-state index is 13.0. The topological polar surface area (TPSA) is 105 Å². The van der Waals surface area contributed by atoms with Gasteiger partial charge in [-0.1, -0.05) is 24.3 Å². The van der Waals surface area contributed by atoms with Crippen LogP contribution in [0.5, 0.6) is 23.0 Å². The molecule has 0 unspecified atom stereocenters. The van der Waals surface area contributed by atoms with E-state index in [1.165, 1.54) is 0 Å². The van der Waals surface area contributed by atoms with Crippen LogP contribution in [0.4, 0.5) is 11.4 Å². The summed E-state index contributed by atoms with van der Waals surface area (Å²) < 4.78 is 11.7. The predicted molar refractivity (Wildman–Crippen MR) is 153 cm³/mol. The molecule has 192 valence electrons. The molecule has 0 bridgehead atoms. The number of benzene rings is 5. The van der Waals surface area contributed by atoms with E-state index in [-0.39, 0.29) is 11.6 Å². The Bertz CT molecular complexity index is 1620. The molecule has 39 heavy (non-hydrogen) atoms. The molecular formula is C33H26N2O4. The van der Waals surface area contributed by atoms with E-state index in [0.717, 1.165) is 5.56 Å². The standard InChI is InChI=1S/C33H26N2O4/c1-21-20-30(18-19-31(21)35)39-28-14-8-25(9-15-28)33(37)23-4-2-22(3-5-23)32(36)24-6-12-27(13-7-24)38-29-16-10-26(34)11-17-29/h2-20H,34-35H2,1H3. The molecule has 0 saturated heterocycles. The van der Waals surface area contributed by atoms with Crippen LogP contribution < -0.4 is 20.9 Å². The second-order valence-corrected chi connectivity index (χ2v) is 9.08. The summed E-state index contributed by atoms with van der Waals surface area (Å²) in [5.74, 6) is 2.26. The van der Waals surface area contributed by atoms with Crippen molar-refractivity contribution in [1.29, 1.82) is 0 Å². The SMILES string of the molecule is Cc1cc(Oc2ccc(C(=O)c3ccc(C(=O)c4ccc(Oc5ccc(N)cc5)cc4)cc3)cc2)ccc1N. The Morgan fingerprint density at radius 1 is 0.487 bits per heavy atom. The molecule has 0 heterocycles. The van der Waals surface area contributed by atoms with Gasteiger partial charge in [0.25, 0.3) is 0 Å². The molecule has 6 heteroatoms. The molecule has 4 N–H and O–H groups in total. The van der Waals surface area contributed by atoms with Crippen molar-refractivity contribution in [2.75, 3.05) is 11.5 Å². The lowest BCUT2D eigenvalue weighted by molar-refractivity contribution is 0.102. The van der Waals surface area contributed by atoms with E-state index >= 15 is 0 Å². The minimum Gasteiger partial charge on any atom is -0.457 e. The Labute approximate surface area is 226 Å². The number of hydrogen-bond acceptors (Lipinski definition) is 6. The van der Waals surface area contributed by atoms with Gasteiger partial charge in [0.05, 0.1) is 0 Å². The Hall–Kier alpha value is -5.36. The first-order valence-corrected chi connectivity index (χ1v) is 12.3. The molecule has 5 aromatic rings. The summed E-state index contributed by atoms with van der Waals surface area (Å²) in [6, 6.07) is 33.0. The average molecular weight is 515 g/mol. The highest BCUT2D eigenvalue weighted by Gasteiger charge is 2.13. The largest absolute Gasteiger partial charge is 0.457 e. The number of nitrogens with two attached hydrogens (primary N) is 2. The van der Waals surface area contributed by atoms with E-state index in [9.17, 15) is 9.59 Å². The molecule has 0 aliphatic carbocycles. The molecule has 5 aromatic carbocycles. The Morgan fingerprint density at radius 3 is 1.23 bits per heavy atom. The number of ketones is 2. The van der Waals surface area contributed by atoms with Crippen LogP contribution in [0.3, 0.4) is 0 Å². The smallest absolute Gasteiger partial charge is 0.193 e. The molecular weight excluding hydrogens is 488 g/mol. The number of nitrogen functional groups attached to an aromatic ring is 2. The van der Waals surface area contributed by atoms with Crippen LogP contribution in [0.15, 0.2) is 115 Å². The number of anilines is 2. The van der Waals surface area contributed by atoms with Crippen molar-refractivity contribution in [2.45, 2.75) is 6.92 Å². The summed E-state index contributed by atoms with van der Waals surface area (Å²) in [5, 5.41) is 0. The van der Waals surface area contributed by atoms with Gasteiger partial charge in [0.15, 0.2) is 11.6 Å². The highest BCUT2D eigenvalue weighted by Crippen LogP contribution is 2.26. The molecule has 0 fully saturated rings. The van der Waals surface area contributed by atoms with Crippen LogP contribution in [-0.2, 0) is 0 Å². The summed E-state index contributed by atoms with van der Waals surface area (Å²) in [6.45, 7) is 1.91. The van der Waals surface area contributed by atoms with E-state index in [0.29, 0.717) is 56.6 Å². The van der Waals surface area contributed by atoms with Gasteiger partial charge in [-0.15, -0.1) is 0 Å². The van der Waals surface area contributed by atoms with Gasteiger partial charge in [-0.3, -0.25) is 9.59 Å². The lowest BCUT2D eigenvalue weighted by Crippen LogP contribution is -2.04. The van der Waals surface area contributed by atoms with Crippen molar-refractivity contribution in [1.82, 2.24) is 0 Å². The highest BCUT2D eigenvalue weighted by atomic mass is 16.5. The number of rotatable bonds is 8. The van der Waals surface area contributed by atoms with E-state index in [4.69, 9.17) is 20.9 Å². The first-order valence-electron chi connectivity index (χ1n) is 12.3. The van der Waals surface area contributed by atoms with Gasteiger partial charge >= 0.3 is 0 Å². The van der Waals surface area contributed by atoms with E-state index in [1.807, 2.05) is 13.0 Å². The maximum absolute atomic E-state index is 13.0. The number of carbonyl (C=O) groups is 2. The van der Waals surface area contributed by atoms with Gasteiger partial charge in [0.1, 0.15) is 23.0 Å². The fourth-order valence-corrected chi connectivity index (χ4v) is 3.97. The summed E-state index contributed by atoms with van der Waals surface area (Å²) in [4.78, 5) is 26.0. The monoisotopic (exact) mass is 514 g/mol. The normalized spacial score (nSPS) is 10.6. The van der Waals surface area contributed by atoms with Crippen molar-refractivity contribution >= 4 is 22.9 Å². The van der Waals surface area contributed by atoms with Crippen LogP contribution in [0.25, 0.3) is 0 Å². The molecule has 5 rings (SSSR count). The minimum atomic E-state index is -0.146. The van der Waals surface area contributed by atoms with Crippen molar-refractivity contribution in [2.24, 2.45) is 0 Å². The fourth-order valence-electron chi connectivity index (χ4n) is 3.97. The van der Waals surface area contributed by atoms with Crippen LogP contribution in [0, 0.1) is 6.92 Å². The predicted octanol–water partition coefficient (Wildman–Crippen LogP) is 7.21. The summed E-state index contributed by atoms with van der Waals surface area (Å²) in [5.41, 5.74) is 15.9. The molecule has 0 saturated carbocycles. The molecule has 0 atom stereocenters. The number of carbonyl (C=O) groups excluding carboxylic acids is 2. The van der Waals surface area contributed by atoms with Gasteiger partial charge in [-0.2, -0.15) is 0 Å². The number of aryl methyl sites for hydroxylation is 1. The molecule has 0 aliphatic heterocycles. The second kappa shape index (κ2) is 10.9. The Balaban J connectivity index is 1.22. The maximum Gasteiger partial charge on any atom is 0.193 e. The van der Waals surface area contributed by atoms with Crippen LogP contribution in [-0.4, -0.2) is 11.6 Å². The van der Waals surface area contributed by atoms with E-state index in [1.54, 1.807) is 109 Å². The lowest BCUT2D eigenvalue weighted by Gasteiger charge is -2.09. The molecule has 0 amide bonds. The van der Waals surface area contributed by atoms with Crippen LogP contribution in [0.1, 0.15) is 37.4 Å². The van der Waals surface area contributed by atoms with Gasteiger partial charge in [0.2, 0.25) is 0 Å². The van der Waals surface area contributed by atoms with Crippen molar-refractivity contribution in [3.05, 3.63) is 143 Å². The number of ether oxygens (including phenoxy) is 2. The fraction of sp³-hybridized carbons (Fsp3) is 0.0303. The zero-order valence-electron chi connectivity index (χ0n) is 21.3. The first-order chi connectivity index (χ1) is 18.9. The summed E-state index contributed by atoms with van der Waals surface area (Å²) in [7, 11) is 0.